The molecule has 2 aliphatic heterocycles. The molecular formula is C26H32F3N7O2. The topological polar surface area (TPSA) is 103 Å². The highest BCUT2D eigenvalue weighted by atomic mass is 19.4. The Hall–Kier alpha value is -3.41. The number of piperidine rings is 2. The number of aryl methyl sites for hydroxylation is 1. The molecule has 9 nitrogen and oxygen atoms in total. The Balaban J connectivity index is 1.41. The van der Waals surface area contributed by atoms with Gasteiger partial charge >= 0.3 is 12.2 Å². The first-order valence-corrected chi connectivity index (χ1v) is 13.0. The Labute approximate surface area is 218 Å². The molecule has 0 radical (unpaired) electrons. The largest absolute Gasteiger partial charge is 0.451 e. The molecule has 0 saturated carbocycles. The van der Waals surface area contributed by atoms with Gasteiger partial charge in [0, 0.05) is 50.8 Å². The van der Waals surface area contributed by atoms with Crippen LogP contribution in [0.5, 0.6) is 0 Å². The fourth-order valence-electron chi connectivity index (χ4n) is 5.46. The van der Waals surface area contributed by atoms with E-state index in [4.69, 9.17) is 0 Å². The van der Waals surface area contributed by atoms with Crippen LogP contribution in [0.25, 0.3) is 11.5 Å². The molecule has 3 aromatic rings. The Kier molecular flexibility index (Phi) is 7.17. The fourth-order valence-corrected chi connectivity index (χ4v) is 5.46. The summed E-state index contributed by atoms with van der Waals surface area (Å²) in [4.78, 5) is 17.1. The van der Waals surface area contributed by atoms with Crippen LogP contribution in [0.15, 0.2) is 30.3 Å². The highest BCUT2D eigenvalue weighted by molar-refractivity contribution is 5.75. The summed E-state index contributed by atoms with van der Waals surface area (Å²) in [5.74, 6) is -1.09. The van der Waals surface area contributed by atoms with Gasteiger partial charge < -0.3 is 19.5 Å². The van der Waals surface area contributed by atoms with Crippen molar-refractivity contribution in [2.75, 3.05) is 26.2 Å². The molecule has 2 aliphatic rings. The number of nitrogens with zero attached hydrogens (tertiary/aromatic N) is 6. The number of alkyl halides is 3. The van der Waals surface area contributed by atoms with Gasteiger partial charge in [-0.2, -0.15) is 18.3 Å². The van der Waals surface area contributed by atoms with Crippen LogP contribution < -0.4 is 0 Å². The van der Waals surface area contributed by atoms with Crippen molar-refractivity contribution < 1.29 is 23.1 Å². The molecule has 5 rings (SSSR count). The van der Waals surface area contributed by atoms with Gasteiger partial charge in [-0.05, 0) is 42.9 Å². The lowest BCUT2D eigenvalue weighted by Gasteiger charge is -2.41. The second-order valence-electron chi connectivity index (χ2n) is 10.2. The average molecular weight is 532 g/mol. The standard InChI is InChI=1S/C26H32F3N7O2/c1-3-16-4-6-17(7-5-16)18-12-19(15-36(14-18)25(38)35-10-8-20(37)9-11-35)21-13-22(31-30-21)23-32-33-24(34(23)2)26(27,28)29/h4-7,13,18-20,37H,3,8-12,14-15H2,1-2H3,(H,30,31). The number of nitrogens with one attached hydrogen (secondary N) is 1. The van der Waals surface area contributed by atoms with E-state index in [0.717, 1.165) is 28.7 Å². The highest BCUT2D eigenvalue weighted by Gasteiger charge is 2.39. The molecule has 0 bridgehead atoms. The number of carbonyl (C=O) groups excluding carboxylic acids is 1. The summed E-state index contributed by atoms with van der Waals surface area (Å²) in [5.41, 5.74) is 3.38. The maximum Gasteiger partial charge on any atom is 0.451 e. The first kappa shape index (κ1) is 26.2. The van der Waals surface area contributed by atoms with E-state index in [9.17, 15) is 23.1 Å². The Morgan fingerprint density at radius 3 is 2.39 bits per heavy atom. The van der Waals surface area contributed by atoms with Crippen LogP contribution in [-0.4, -0.2) is 78.2 Å². The summed E-state index contributed by atoms with van der Waals surface area (Å²) < 4.78 is 40.5. The Bertz CT molecular complexity index is 1260. The summed E-state index contributed by atoms with van der Waals surface area (Å²) in [6.45, 7) is 4.15. The molecule has 2 unspecified atom stereocenters. The van der Waals surface area contributed by atoms with Gasteiger partial charge in [0.15, 0.2) is 5.82 Å². The van der Waals surface area contributed by atoms with E-state index in [1.807, 2.05) is 4.90 Å². The number of benzene rings is 1. The summed E-state index contributed by atoms with van der Waals surface area (Å²) in [6.07, 6.45) is -2.18. The molecule has 2 atom stereocenters. The number of H-pyrrole nitrogens is 1. The maximum atomic E-state index is 13.5. The molecular weight excluding hydrogens is 499 g/mol. The predicted octanol–water partition coefficient (Wildman–Crippen LogP) is 3.94. The number of halogens is 3. The van der Waals surface area contributed by atoms with Gasteiger partial charge in [-0.25, -0.2) is 4.79 Å². The van der Waals surface area contributed by atoms with Crippen molar-refractivity contribution in [3.8, 4) is 11.5 Å². The van der Waals surface area contributed by atoms with Crippen molar-refractivity contribution in [1.82, 2.24) is 34.8 Å². The number of hydrogen-bond acceptors (Lipinski definition) is 5. The van der Waals surface area contributed by atoms with Crippen LogP contribution >= 0.6 is 0 Å². The Morgan fingerprint density at radius 2 is 1.76 bits per heavy atom. The molecule has 2 N–H and O–H groups in total. The van der Waals surface area contributed by atoms with E-state index < -0.39 is 12.0 Å². The average Bonchev–Trinajstić information content (AvgIpc) is 3.55. The summed E-state index contributed by atoms with van der Waals surface area (Å²) in [7, 11) is 1.26. The second-order valence-corrected chi connectivity index (χ2v) is 10.2. The number of aromatic amines is 1. The number of rotatable bonds is 4. The molecule has 2 fully saturated rings. The SMILES string of the molecule is CCc1ccc(C2CC(c3cc(-c4nnc(C(F)(F)F)n4C)n[nH]3)CN(C(=O)N3CCC(O)CC3)C2)cc1. The molecule has 4 heterocycles. The molecule has 38 heavy (non-hydrogen) atoms. The third-order valence-corrected chi connectivity index (χ3v) is 7.71. The van der Waals surface area contributed by atoms with E-state index >= 15 is 0 Å². The smallest absolute Gasteiger partial charge is 0.393 e. The molecule has 1 aromatic carbocycles. The lowest BCUT2D eigenvalue weighted by molar-refractivity contribution is -0.146. The van der Waals surface area contributed by atoms with Crippen molar-refractivity contribution in [2.45, 2.75) is 56.7 Å². The number of aliphatic hydroxyl groups excluding tert-OH is 1. The van der Waals surface area contributed by atoms with E-state index in [2.05, 4.69) is 51.6 Å². The first-order chi connectivity index (χ1) is 18.1. The number of urea groups is 1. The number of aromatic nitrogens is 5. The third-order valence-electron chi connectivity index (χ3n) is 7.71. The Morgan fingerprint density at radius 1 is 1.08 bits per heavy atom. The highest BCUT2D eigenvalue weighted by Crippen LogP contribution is 2.37. The van der Waals surface area contributed by atoms with Crippen molar-refractivity contribution >= 4 is 6.03 Å². The van der Waals surface area contributed by atoms with Crippen LogP contribution in [0.3, 0.4) is 0 Å². The molecule has 0 spiro atoms. The van der Waals surface area contributed by atoms with Gasteiger partial charge in [0.2, 0.25) is 5.82 Å². The van der Waals surface area contributed by atoms with Crippen molar-refractivity contribution in [1.29, 1.82) is 0 Å². The second kappa shape index (κ2) is 10.4. The van der Waals surface area contributed by atoms with E-state index in [0.29, 0.717) is 39.0 Å². The minimum Gasteiger partial charge on any atom is -0.393 e. The lowest BCUT2D eigenvalue weighted by Crippen LogP contribution is -2.51. The summed E-state index contributed by atoms with van der Waals surface area (Å²) in [6, 6.07) is 10.1. The number of likely N-dealkylation sites (tertiary alicyclic amines) is 2. The number of carbonyl (C=O) groups is 1. The predicted molar refractivity (Wildman–Crippen MR) is 133 cm³/mol. The van der Waals surface area contributed by atoms with E-state index in [-0.39, 0.29) is 35.5 Å². The fraction of sp³-hybridized carbons (Fsp3) is 0.538. The number of amides is 2. The molecule has 2 saturated heterocycles. The van der Waals surface area contributed by atoms with Crippen molar-refractivity contribution in [3.05, 3.63) is 53.0 Å². The number of hydrogen-bond donors (Lipinski definition) is 2. The molecule has 0 aliphatic carbocycles. The molecule has 2 aromatic heterocycles. The van der Waals surface area contributed by atoms with Gasteiger partial charge in [0.05, 0.1) is 6.10 Å². The maximum absolute atomic E-state index is 13.5. The van der Waals surface area contributed by atoms with Crippen molar-refractivity contribution in [2.24, 2.45) is 7.05 Å². The van der Waals surface area contributed by atoms with Crippen LogP contribution in [0, 0.1) is 0 Å². The minimum atomic E-state index is -4.62. The first-order valence-electron chi connectivity index (χ1n) is 13.0. The van der Waals surface area contributed by atoms with Gasteiger partial charge in [0.25, 0.3) is 0 Å². The van der Waals surface area contributed by atoms with Crippen molar-refractivity contribution in [3.63, 3.8) is 0 Å². The van der Waals surface area contributed by atoms with Gasteiger partial charge in [-0.15, -0.1) is 10.2 Å². The molecule has 12 heteroatoms. The zero-order valence-electron chi connectivity index (χ0n) is 21.4. The lowest BCUT2D eigenvalue weighted by atomic mass is 9.82. The van der Waals surface area contributed by atoms with Crippen LogP contribution in [0.1, 0.15) is 60.7 Å². The molecule has 2 amide bonds. The monoisotopic (exact) mass is 531 g/mol. The zero-order valence-corrected chi connectivity index (χ0v) is 21.4. The van der Waals surface area contributed by atoms with Crippen LogP contribution in [0.4, 0.5) is 18.0 Å². The van der Waals surface area contributed by atoms with Gasteiger partial charge in [-0.1, -0.05) is 31.2 Å². The van der Waals surface area contributed by atoms with Gasteiger partial charge in [0.1, 0.15) is 5.69 Å². The molecule has 204 valence electrons. The summed E-state index contributed by atoms with van der Waals surface area (Å²) >= 11 is 0. The quantitative estimate of drug-likeness (QED) is 0.531. The normalized spacial score (nSPS) is 21.2. The zero-order chi connectivity index (χ0) is 27.0. The van der Waals surface area contributed by atoms with E-state index in [1.54, 1.807) is 11.0 Å². The third kappa shape index (κ3) is 5.27. The van der Waals surface area contributed by atoms with Crippen LogP contribution in [-0.2, 0) is 19.6 Å². The van der Waals surface area contributed by atoms with E-state index in [1.165, 1.54) is 12.6 Å². The van der Waals surface area contributed by atoms with Crippen LogP contribution in [0.2, 0.25) is 0 Å². The summed E-state index contributed by atoms with van der Waals surface area (Å²) in [5, 5.41) is 24.1. The van der Waals surface area contributed by atoms with Gasteiger partial charge in [-0.3, -0.25) is 5.10 Å². The number of aliphatic hydroxyl groups is 1. The minimum absolute atomic E-state index is 0.0159.